The Balaban J connectivity index is 1.63. The standard InChI is InChI=1S/C24H29NO8/c1-2-32-24(29)21(14-18-8-10-20(26)11-9-18)25-22(27)16-30-12-13-31-17-23(28)33-15-19-6-4-3-5-7-19/h3-11,21,26H,2,12-17H2,1H3,(H,25,27)/t21-/m0/s1. The van der Waals surface area contributed by atoms with Gasteiger partial charge in [0.05, 0.1) is 19.8 Å². The summed E-state index contributed by atoms with van der Waals surface area (Å²) in [6, 6.07) is 14.7. The van der Waals surface area contributed by atoms with Crippen LogP contribution in [0.4, 0.5) is 0 Å². The Labute approximate surface area is 192 Å². The zero-order valence-electron chi connectivity index (χ0n) is 18.5. The van der Waals surface area contributed by atoms with Crippen LogP contribution in [-0.2, 0) is 46.4 Å². The van der Waals surface area contributed by atoms with Crippen molar-refractivity contribution in [3.63, 3.8) is 0 Å². The lowest BCUT2D eigenvalue weighted by molar-refractivity contribution is -0.151. The second kappa shape index (κ2) is 14.6. The summed E-state index contributed by atoms with van der Waals surface area (Å²) in [5.74, 6) is -1.44. The van der Waals surface area contributed by atoms with Crippen molar-refractivity contribution in [1.82, 2.24) is 5.32 Å². The Bertz CT molecular complexity index is 870. The molecule has 0 saturated carbocycles. The number of hydrogen-bond donors (Lipinski definition) is 2. The van der Waals surface area contributed by atoms with E-state index in [1.807, 2.05) is 30.3 Å². The van der Waals surface area contributed by atoms with Gasteiger partial charge in [-0.25, -0.2) is 9.59 Å². The third kappa shape index (κ3) is 10.6. The number of phenolic OH excluding ortho intramolecular Hbond substituents is 1. The van der Waals surface area contributed by atoms with Crippen LogP contribution in [0.15, 0.2) is 54.6 Å². The molecule has 1 atom stereocenters. The maximum atomic E-state index is 12.2. The first-order valence-electron chi connectivity index (χ1n) is 10.6. The molecule has 0 aliphatic rings. The van der Waals surface area contributed by atoms with Gasteiger partial charge in [-0.05, 0) is 30.2 Å². The maximum Gasteiger partial charge on any atom is 0.332 e. The van der Waals surface area contributed by atoms with Gasteiger partial charge in [-0.3, -0.25) is 4.79 Å². The number of hydrogen-bond acceptors (Lipinski definition) is 8. The highest BCUT2D eigenvalue weighted by Gasteiger charge is 2.22. The fraction of sp³-hybridized carbons (Fsp3) is 0.375. The lowest BCUT2D eigenvalue weighted by Crippen LogP contribution is -2.45. The number of aromatic hydroxyl groups is 1. The Kier molecular flexibility index (Phi) is 11.4. The Morgan fingerprint density at radius 1 is 0.879 bits per heavy atom. The van der Waals surface area contributed by atoms with E-state index in [2.05, 4.69) is 5.32 Å². The predicted octanol–water partition coefficient (Wildman–Crippen LogP) is 1.76. The van der Waals surface area contributed by atoms with E-state index in [4.69, 9.17) is 18.9 Å². The average molecular weight is 459 g/mol. The summed E-state index contributed by atoms with van der Waals surface area (Å²) in [4.78, 5) is 36.0. The van der Waals surface area contributed by atoms with Crippen LogP contribution in [0, 0.1) is 0 Å². The summed E-state index contributed by atoms with van der Waals surface area (Å²) in [6.07, 6.45) is 0.207. The molecule has 1 amide bonds. The van der Waals surface area contributed by atoms with Crippen molar-refractivity contribution in [3.05, 3.63) is 65.7 Å². The molecule has 0 fully saturated rings. The van der Waals surface area contributed by atoms with Crippen LogP contribution in [0.3, 0.4) is 0 Å². The number of esters is 2. The minimum atomic E-state index is -0.888. The van der Waals surface area contributed by atoms with E-state index in [0.717, 1.165) is 11.1 Å². The summed E-state index contributed by atoms with van der Waals surface area (Å²) >= 11 is 0. The molecule has 0 unspecified atom stereocenters. The van der Waals surface area contributed by atoms with Gasteiger partial charge < -0.3 is 29.4 Å². The van der Waals surface area contributed by atoms with E-state index in [1.165, 1.54) is 12.1 Å². The minimum absolute atomic E-state index is 0.0847. The highest BCUT2D eigenvalue weighted by molar-refractivity contribution is 5.85. The molecule has 0 saturated heterocycles. The van der Waals surface area contributed by atoms with Crippen LogP contribution < -0.4 is 5.32 Å². The molecular formula is C24H29NO8. The van der Waals surface area contributed by atoms with E-state index in [1.54, 1.807) is 19.1 Å². The summed E-state index contributed by atoms with van der Waals surface area (Å²) in [5, 5.41) is 12.0. The molecule has 178 valence electrons. The van der Waals surface area contributed by atoms with Crippen molar-refractivity contribution in [2.75, 3.05) is 33.0 Å². The van der Waals surface area contributed by atoms with Gasteiger partial charge in [-0.2, -0.15) is 0 Å². The maximum absolute atomic E-state index is 12.2. The van der Waals surface area contributed by atoms with Crippen molar-refractivity contribution in [3.8, 4) is 5.75 Å². The molecule has 0 heterocycles. The molecule has 0 aromatic heterocycles. The molecule has 2 aromatic rings. The van der Waals surface area contributed by atoms with Crippen LogP contribution >= 0.6 is 0 Å². The van der Waals surface area contributed by atoms with Crippen LogP contribution in [0.2, 0.25) is 0 Å². The van der Waals surface area contributed by atoms with Crippen molar-refractivity contribution in [2.24, 2.45) is 0 Å². The summed E-state index contributed by atoms with van der Waals surface area (Å²) in [7, 11) is 0. The summed E-state index contributed by atoms with van der Waals surface area (Å²) in [5.41, 5.74) is 1.63. The molecule has 9 heteroatoms. The first kappa shape index (κ1) is 25.8. The molecule has 0 spiro atoms. The average Bonchev–Trinajstić information content (AvgIpc) is 2.81. The van der Waals surface area contributed by atoms with Gasteiger partial charge in [0.2, 0.25) is 5.91 Å². The smallest absolute Gasteiger partial charge is 0.332 e. The van der Waals surface area contributed by atoms with Crippen LogP contribution in [0.5, 0.6) is 5.75 Å². The third-order valence-corrected chi connectivity index (χ3v) is 4.35. The number of ether oxygens (including phenoxy) is 4. The molecule has 2 N–H and O–H groups in total. The van der Waals surface area contributed by atoms with E-state index >= 15 is 0 Å². The zero-order chi connectivity index (χ0) is 23.9. The molecule has 0 bridgehead atoms. The minimum Gasteiger partial charge on any atom is -0.508 e. The Hall–Kier alpha value is -3.43. The van der Waals surface area contributed by atoms with Gasteiger partial charge in [0, 0.05) is 6.42 Å². The van der Waals surface area contributed by atoms with Gasteiger partial charge in [0.15, 0.2) is 0 Å². The third-order valence-electron chi connectivity index (χ3n) is 4.35. The number of carbonyl (C=O) groups excluding carboxylic acids is 3. The summed E-state index contributed by atoms with van der Waals surface area (Å²) in [6.45, 7) is 1.71. The molecular weight excluding hydrogens is 430 g/mol. The first-order valence-corrected chi connectivity index (χ1v) is 10.6. The van der Waals surface area contributed by atoms with Crippen molar-refractivity contribution >= 4 is 17.8 Å². The Morgan fingerprint density at radius 2 is 1.55 bits per heavy atom. The fourth-order valence-corrected chi connectivity index (χ4v) is 2.76. The molecule has 2 rings (SSSR count). The largest absolute Gasteiger partial charge is 0.508 e. The Morgan fingerprint density at radius 3 is 2.21 bits per heavy atom. The number of carbonyl (C=O) groups is 3. The van der Waals surface area contributed by atoms with Crippen LogP contribution in [0.1, 0.15) is 18.1 Å². The van der Waals surface area contributed by atoms with Gasteiger partial charge in [-0.1, -0.05) is 42.5 Å². The van der Waals surface area contributed by atoms with E-state index in [-0.39, 0.29) is 51.8 Å². The predicted molar refractivity (Wildman–Crippen MR) is 118 cm³/mol. The number of rotatable bonds is 14. The first-order chi connectivity index (χ1) is 16.0. The number of benzene rings is 2. The molecule has 0 aliphatic carbocycles. The van der Waals surface area contributed by atoms with Gasteiger partial charge in [-0.15, -0.1) is 0 Å². The molecule has 9 nitrogen and oxygen atoms in total. The van der Waals surface area contributed by atoms with E-state index in [9.17, 15) is 19.5 Å². The SMILES string of the molecule is CCOC(=O)[C@H](Cc1ccc(O)cc1)NC(=O)COCCOCC(=O)OCc1ccccc1. The van der Waals surface area contributed by atoms with E-state index in [0.29, 0.717) is 0 Å². The van der Waals surface area contributed by atoms with Gasteiger partial charge in [0.1, 0.15) is 31.6 Å². The van der Waals surface area contributed by atoms with Crippen molar-refractivity contribution in [2.45, 2.75) is 26.0 Å². The van der Waals surface area contributed by atoms with Crippen LogP contribution in [-0.4, -0.2) is 62.0 Å². The van der Waals surface area contributed by atoms with E-state index < -0.39 is 23.9 Å². The quantitative estimate of drug-likeness (QED) is 0.324. The van der Waals surface area contributed by atoms with Crippen molar-refractivity contribution < 1.29 is 38.4 Å². The number of amides is 1. The highest BCUT2D eigenvalue weighted by Crippen LogP contribution is 2.12. The van der Waals surface area contributed by atoms with Crippen LogP contribution in [0.25, 0.3) is 0 Å². The molecule has 0 radical (unpaired) electrons. The monoisotopic (exact) mass is 459 g/mol. The summed E-state index contributed by atoms with van der Waals surface area (Å²) < 4.78 is 20.5. The normalized spacial score (nSPS) is 11.4. The molecule has 2 aromatic carbocycles. The van der Waals surface area contributed by atoms with Gasteiger partial charge in [0.25, 0.3) is 0 Å². The number of phenols is 1. The lowest BCUT2D eigenvalue weighted by Gasteiger charge is -2.17. The highest BCUT2D eigenvalue weighted by atomic mass is 16.6. The fourth-order valence-electron chi connectivity index (χ4n) is 2.76. The van der Waals surface area contributed by atoms with Crippen molar-refractivity contribution in [1.29, 1.82) is 0 Å². The zero-order valence-corrected chi connectivity index (χ0v) is 18.5. The topological polar surface area (TPSA) is 120 Å². The molecule has 0 aliphatic heterocycles. The lowest BCUT2D eigenvalue weighted by atomic mass is 10.1. The molecule has 33 heavy (non-hydrogen) atoms. The second-order valence-electron chi connectivity index (χ2n) is 6.99. The second-order valence-corrected chi connectivity index (χ2v) is 6.99. The van der Waals surface area contributed by atoms with Gasteiger partial charge >= 0.3 is 11.9 Å². The number of nitrogens with one attached hydrogen (secondary N) is 1.